The van der Waals surface area contributed by atoms with Crippen LogP contribution in [-0.2, 0) is 17.6 Å². The van der Waals surface area contributed by atoms with Gasteiger partial charge in [0.25, 0.3) is 11.8 Å². The summed E-state index contributed by atoms with van der Waals surface area (Å²) in [6.45, 7) is 0.162. The van der Waals surface area contributed by atoms with Gasteiger partial charge in [-0.2, -0.15) is 5.10 Å². The minimum absolute atomic E-state index is 0.162. The molecule has 0 bridgehead atoms. The van der Waals surface area contributed by atoms with Crippen molar-refractivity contribution in [2.24, 2.45) is 5.73 Å². The molecule has 1 aromatic carbocycles. The van der Waals surface area contributed by atoms with E-state index in [0.29, 0.717) is 11.4 Å². The highest BCUT2D eigenvalue weighted by molar-refractivity contribution is 5.96. The first-order valence-electron chi connectivity index (χ1n) is 8.08. The van der Waals surface area contributed by atoms with Crippen LogP contribution in [0.2, 0.25) is 0 Å². The van der Waals surface area contributed by atoms with E-state index in [1.807, 2.05) is 18.2 Å². The molecular weight excluding hydrogens is 308 g/mol. The van der Waals surface area contributed by atoms with Crippen molar-refractivity contribution in [3.05, 3.63) is 41.2 Å². The molecule has 0 spiro atoms. The number of amides is 2. The van der Waals surface area contributed by atoms with Gasteiger partial charge in [0.2, 0.25) is 0 Å². The van der Waals surface area contributed by atoms with Gasteiger partial charge >= 0.3 is 0 Å². The first-order chi connectivity index (χ1) is 11.6. The minimum Gasteiger partial charge on any atom is -0.489 e. The van der Waals surface area contributed by atoms with E-state index in [4.69, 9.17) is 10.5 Å². The third-order valence-electron chi connectivity index (χ3n) is 4.58. The lowest BCUT2D eigenvalue weighted by Gasteiger charge is -2.19. The standard InChI is InChI=1S/C17H18N4O3/c18-16(22)15-10-5-1-3-7-12(10)21(20-15)13-9-24-14-8-4-2-6-11(14)19-17(13)23/h2,4,6,8,13H,1,3,5,7,9H2,(H2,18,22)(H,19,23)/t13-/m0/s1. The van der Waals surface area contributed by atoms with Crippen LogP contribution < -0.4 is 15.8 Å². The predicted octanol–water partition coefficient (Wildman–Crippen LogP) is 1.43. The Balaban J connectivity index is 1.74. The van der Waals surface area contributed by atoms with Crippen molar-refractivity contribution in [1.82, 2.24) is 9.78 Å². The van der Waals surface area contributed by atoms with Crippen LogP contribution in [0.4, 0.5) is 5.69 Å². The Morgan fingerprint density at radius 3 is 2.92 bits per heavy atom. The van der Waals surface area contributed by atoms with Crippen LogP contribution in [0.3, 0.4) is 0 Å². The normalized spacial score (nSPS) is 19.5. The fourth-order valence-corrected chi connectivity index (χ4v) is 3.42. The number of ether oxygens (including phenoxy) is 1. The Morgan fingerprint density at radius 2 is 2.08 bits per heavy atom. The molecular formula is C17H18N4O3. The van der Waals surface area contributed by atoms with Crippen molar-refractivity contribution in [3.63, 3.8) is 0 Å². The van der Waals surface area contributed by atoms with Crippen LogP contribution in [-0.4, -0.2) is 28.2 Å². The molecule has 2 amide bonds. The van der Waals surface area contributed by atoms with E-state index in [1.54, 1.807) is 10.7 Å². The van der Waals surface area contributed by atoms with Crippen LogP contribution in [0.25, 0.3) is 0 Å². The van der Waals surface area contributed by atoms with Crippen molar-refractivity contribution in [2.75, 3.05) is 11.9 Å². The molecule has 0 saturated heterocycles. The minimum atomic E-state index is -0.627. The zero-order valence-electron chi connectivity index (χ0n) is 13.1. The maximum atomic E-state index is 12.7. The van der Waals surface area contributed by atoms with Gasteiger partial charge in [0, 0.05) is 11.3 Å². The topological polar surface area (TPSA) is 99.2 Å². The summed E-state index contributed by atoms with van der Waals surface area (Å²) in [4.78, 5) is 24.4. The summed E-state index contributed by atoms with van der Waals surface area (Å²) in [7, 11) is 0. The van der Waals surface area contributed by atoms with Crippen molar-refractivity contribution < 1.29 is 14.3 Å². The molecule has 0 radical (unpaired) electrons. The highest BCUT2D eigenvalue weighted by Gasteiger charge is 2.32. The molecule has 1 atom stereocenters. The van der Waals surface area contributed by atoms with Crippen molar-refractivity contribution in [2.45, 2.75) is 31.7 Å². The number of rotatable bonds is 2. The molecule has 0 fully saturated rings. The number of fused-ring (bicyclic) bond motifs is 2. The zero-order chi connectivity index (χ0) is 16.7. The predicted molar refractivity (Wildman–Crippen MR) is 87.0 cm³/mol. The van der Waals surface area contributed by atoms with Gasteiger partial charge in [-0.15, -0.1) is 0 Å². The second-order valence-electron chi connectivity index (χ2n) is 6.10. The lowest BCUT2D eigenvalue weighted by Crippen LogP contribution is -2.31. The third-order valence-corrected chi connectivity index (χ3v) is 4.58. The van der Waals surface area contributed by atoms with E-state index < -0.39 is 11.9 Å². The Morgan fingerprint density at radius 1 is 1.29 bits per heavy atom. The first kappa shape index (κ1) is 14.7. The molecule has 24 heavy (non-hydrogen) atoms. The van der Waals surface area contributed by atoms with Crippen molar-refractivity contribution >= 4 is 17.5 Å². The summed E-state index contributed by atoms with van der Waals surface area (Å²) in [6.07, 6.45) is 3.56. The Hall–Kier alpha value is -2.83. The average Bonchev–Trinajstić information content (AvgIpc) is 2.88. The van der Waals surface area contributed by atoms with Gasteiger partial charge in [-0.05, 0) is 37.8 Å². The van der Waals surface area contributed by atoms with Crippen molar-refractivity contribution in [3.8, 4) is 5.75 Å². The lowest BCUT2D eigenvalue weighted by atomic mass is 9.95. The van der Waals surface area contributed by atoms with Gasteiger partial charge in [-0.3, -0.25) is 14.3 Å². The van der Waals surface area contributed by atoms with Crippen LogP contribution in [0.15, 0.2) is 24.3 Å². The van der Waals surface area contributed by atoms with Gasteiger partial charge < -0.3 is 15.8 Å². The number of anilines is 1. The number of aromatic nitrogens is 2. The maximum Gasteiger partial charge on any atom is 0.269 e. The van der Waals surface area contributed by atoms with E-state index >= 15 is 0 Å². The molecule has 124 valence electrons. The zero-order valence-corrected chi connectivity index (χ0v) is 13.1. The third kappa shape index (κ3) is 2.33. The van der Waals surface area contributed by atoms with Gasteiger partial charge in [-0.25, -0.2) is 0 Å². The van der Waals surface area contributed by atoms with Crippen LogP contribution in [0.5, 0.6) is 5.75 Å². The number of nitrogens with one attached hydrogen (secondary N) is 1. The van der Waals surface area contributed by atoms with Gasteiger partial charge in [0.05, 0.1) is 5.69 Å². The second-order valence-corrected chi connectivity index (χ2v) is 6.10. The summed E-state index contributed by atoms with van der Waals surface area (Å²) >= 11 is 0. The van der Waals surface area contributed by atoms with Gasteiger partial charge in [0.1, 0.15) is 12.4 Å². The molecule has 1 aromatic heterocycles. The number of primary amides is 1. The number of benzene rings is 1. The summed E-state index contributed by atoms with van der Waals surface area (Å²) in [6, 6.07) is 6.67. The molecule has 4 rings (SSSR count). The SMILES string of the molecule is NC(=O)c1nn([C@H]2COc3ccccc3NC2=O)c2c1CCCC2. The molecule has 2 aromatic rings. The van der Waals surface area contributed by atoms with Gasteiger partial charge in [0.15, 0.2) is 11.7 Å². The lowest BCUT2D eigenvalue weighted by molar-refractivity contribution is -0.120. The largest absolute Gasteiger partial charge is 0.489 e. The molecule has 1 aliphatic heterocycles. The highest BCUT2D eigenvalue weighted by atomic mass is 16.5. The summed E-state index contributed by atoms with van der Waals surface area (Å²) in [5, 5.41) is 7.25. The monoisotopic (exact) mass is 326 g/mol. The molecule has 1 aliphatic carbocycles. The number of carbonyl (C=O) groups excluding carboxylic acids is 2. The summed E-state index contributed by atoms with van der Waals surface area (Å²) in [5.74, 6) is -0.124. The van der Waals surface area contributed by atoms with Crippen LogP contribution >= 0.6 is 0 Å². The first-order valence-corrected chi connectivity index (χ1v) is 8.08. The molecule has 2 heterocycles. The average molecular weight is 326 g/mol. The Labute approximate surface area is 138 Å². The second kappa shape index (κ2) is 5.67. The summed E-state index contributed by atoms with van der Waals surface area (Å²) < 4.78 is 7.42. The number of hydrogen-bond acceptors (Lipinski definition) is 4. The quantitative estimate of drug-likeness (QED) is 0.872. The molecule has 0 unspecified atom stereocenters. The van der Waals surface area contributed by atoms with E-state index in [-0.39, 0.29) is 18.2 Å². The molecule has 0 saturated carbocycles. The molecule has 3 N–H and O–H groups in total. The summed E-state index contributed by atoms with van der Waals surface area (Å²) in [5.41, 5.74) is 8.18. The van der Waals surface area contributed by atoms with E-state index in [1.165, 1.54) is 0 Å². The number of hydrogen-bond donors (Lipinski definition) is 2. The van der Waals surface area contributed by atoms with E-state index in [9.17, 15) is 9.59 Å². The fourth-order valence-electron chi connectivity index (χ4n) is 3.42. The molecule has 2 aliphatic rings. The Bertz CT molecular complexity index is 827. The fraction of sp³-hybridized carbons (Fsp3) is 0.353. The smallest absolute Gasteiger partial charge is 0.269 e. The number of nitrogens with zero attached hydrogens (tertiary/aromatic N) is 2. The van der Waals surface area contributed by atoms with Crippen LogP contribution in [0.1, 0.15) is 40.6 Å². The highest BCUT2D eigenvalue weighted by Crippen LogP contribution is 2.31. The Kier molecular flexibility index (Phi) is 3.48. The van der Waals surface area contributed by atoms with Gasteiger partial charge in [-0.1, -0.05) is 12.1 Å². The van der Waals surface area contributed by atoms with E-state index in [2.05, 4.69) is 10.4 Å². The maximum absolute atomic E-state index is 12.7. The van der Waals surface area contributed by atoms with Crippen molar-refractivity contribution in [1.29, 1.82) is 0 Å². The number of nitrogens with two attached hydrogens (primary N) is 1. The molecule has 7 nitrogen and oxygen atoms in total. The van der Waals surface area contributed by atoms with E-state index in [0.717, 1.165) is 36.9 Å². The number of para-hydroxylation sites is 2. The number of carbonyl (C=O) groups is 2. The van der Waals surface area contributed by atoms with Crippen LogP contribution in [0, 0.1) is 0 Å². The molecule has 7 heteroatoms.